The van der Waals surface area contributed by atoms with Crippen LogP contribution in [0.4, 0.5) is 5.69 Å². The molecule has 3 aromatic rings. The fourth-order valence-corrected chi connectivity index (χ4v) is 8.15. The number of amides is 1. The van der Waals surface area contributed by atoms with Crippen LogP contribution in [0.3, 0.4) is 0 Å². The Bertz CT molecular complexity index is 1080. The van der Waals surface area contributed by atoms with E-state index >= 15 is 0 Å². The van der Waals surface area contributed by atoms with Crippen LogP contribution in [0.15, 0.2) is 78.9 Å². The van der Waals surface area contributed by atoms with Crippen molar-refractivity contribution in [1.29, 1.82) is 0 Å². The van der Waals surface area contributed by atoms with E-state index in [1.165, 1.54) is 5.56 Å². The van der Waals surface area contributed by atoms with Crippen molar-refractivity contribution in [1.82, 2.24) is 0 Å². The van der Waals surface area contributed by atoms with Crippen molar-refractivity contribution < 1.29 is 9.36 Å². The Morgan fingerprint density at radius 1 is 0.897 bits per heavy atom. The van der Waals surface area contributed by atoms with E-state index < -0.39 is 12.6 Å². The van der Waals surface area contributed by atoms with E-state index in [2.05, 4.69) is 12.1 Å². The van der Waals surface area contributed by atoms with Gasteiger partial charge in [-0.05, 0) is 30.9 Å². The van der Waals surface area contributed by atoms with Crippen molar-refractivity contribution in [2.24, 2.45) is 0 Å². The molecule has 0 spiro atoms. The van der Waals surface area contributed by atoms with E-state index in [0.29, 0.717) is 6.16 Å². The fourth-order valence-electron chi connectivity index (χ4n) is 4.98. The van der Waals surface area contributed by atoms with Crippen LogP contribution in [-0.4, -0.2) is 18.6 Å². The van der Waals surface area contributed by atoms with Crippen LogP contribution >= 0.6 is 7.14 Å². The monoisotopic (exact) mass is 401 g/mol. The average molecular weight is 401 g/mol. The normalized spacial score (nSPS) is 20.6. The molecule has 29 heavy (non-hydrogen) atoms. The van der Waals surface area contributed by atoms with Crippen molar-refractivity contribution in [3.63, 3.8) is 0 Å². The predicted octanol–water partition coefficient (Wildman–Crippen LogP) is 4.25. The van der Waals surface area contributed by atoms with E-state index in [0.717, 1.165) is 41.2 Å². The SMILES string of the molecule is CC1(CP(=O)(c2ccccc2)c2ccccc2)C(=O)N2CCCc3cccc1c32. The van der Waals surface area contributed by atoms with Crippen molar-refractivity contribution in [3.05, 3.63) is 90.0 Å². The molecule has 0 radical (unpaired) electrons. The summed E-state index contributed by atoms with van der Waals surface area (Å²) in [5.74, 6) is 0.0896. The van der Waals surface area contributed by atoms with Gasteiger partial charge in [0, 0.05) is 23.3 Å². The molecule has 0 saturated heterocycles. The lowest BCUT2D eigenvalue weighted by Gasteiger charge is -2.30. The molecule has 0 aromatic heterocycles. The van der Waals surface area contributed by atoms with Crippen LogP contribution in [0.1, 0.15) is 24.5 Å². The van der Waals surface area contributed by atoms with E-state index in [1.807, 2.05) is 78.6 Å². The topological polar surface area (TPSA) is 37.4 Å². The molecule has 1 unspecified atom stereocenters. The number of benzene rings is 3. The molecule has 0 saturated carbocycles. The van der Waals surface area contributed by atoms with Gasteiger partial charge in [0.1, 0.15) is 7.14 Å². The maximum Gasteiger partial charge on any atom is 0.237 e. The number of anilines is 1. The summed E-state index contributed by atoms with van der Waals surface area (Å²) in [7, 11) is -3.01. The molecule has 3 aromatic carbocycles. The van der Waals surface area contributed by atoms with Gasteiger partial charge in [0.05, 0.1) is 11.1 Å². The number of nitrogens with zero attached hydrogens (tertiary/aromatic N) is 1. The highest BCUT2D eigenvalue weighted by Gasteiger charge is 2.52. The van der Waals surface area contributed by atoms with Crippen molar-refractivity contribution >= 4 is 29.3 Å². The molecule has 1 amide bonds. The van der Waals surface area contributed by atoms with Crippen LogP contribution in [0, 0.1) is 0 Å². The Labute approximate surface area is 171 Å². The van der Waals surface area contributed by atoms with Gasteiger partial charge in [0.25, 0.3) is 0 Å². The Balaban J connectivity index is 1.68. The minimum atomic E-state index is -3.01. The van der Waals surface area contributed by atoms with Gasteiger partial charge in [-0.25, -0.2) is 0 Å². The van der Waals surface area contributed by atoms with Gasteiger partial charge < -0.3 is 9.46 Å². The molecular weight excluding hydrogens is 377 g/mol. The molecule has 4 heteroatoms. The number of hydrogen-bond donors (Lipinski definition) is 0. The lowest BCUT2D eigenvalue weighted by molar-refractivity contribution is -0.122. The van der Waals surface area contributed by atoms with Crippen LogP contribution in [-0.2, 0) is 21.2 Å². The first-order chi connectivity index (χ1) is 14.0. The van der Waals surface area contributed by atoms with E-state index in [9.17, 15) is 9.36 Å². The standard InChI is InChI=1S/C25H24NO2P/c1-25(22-16-8-10-19-11-9-17-26(23(19)22)24(25)27)18-29(28,20-12-4-2-5-13-20)21-14-6-3-7-15-21/h2-8,10,12-16H,9,11,17-18H2,1H3. The van der Waals surface area contributed by atoms with E-state index in [4.69, 9.17) is 0 Å². The summed E-state index contributed by atoms with van der Waals surface area (Å²) in [5.41, 5.74) is 2.54. The first-order valence-corrected chi connectivity index (χ1v) is 12.1. The van der Waals surface area contributed by atoms with Crippen LogP contribution in [0.5, 0.6) is 0 Å². The third-order valence-corrected chi connectivity index (χ3v) is 9.76. The maximum absolute atomic E-state index is 14.7. The summed E-state index contributed by atoms with van der Waals surface area (Å²) >= 11 is 0. The van der Waals surface area contributed by atoms with Crippen molar-refractivity contribution in [2.45, 2.75) is 25.2 Å². The highest BCUT2D eigenvalue weighted by molar-refractivity contribution is 7.78. The van der Waals surface area contributed by atoms with Gasteiger partial charge in [-0.3, -0.25) is 4.79 Å². The summed E-state index contributed by atoms with van der Waals surface area (Å²) < 4.78 is 14.7. The molecule has 5 rings (SSSR count). The second kappa shape index (κ2) is 6.71. The van der Waals surface area contributed by atoms with Crippen LogP contribution in [0.2, 0.25) is 0 Å². The number of para-hydroxylation sites is 1. The lowest BCUT2D eigenvalue weighted by atomic mass is 9.85. The number of hydrogen-bond acceptors (Lipinski definition) is 2. The van der Waals surface area contributed by atoms with Crippen molar-refractivity contribution in [3.8, 4) is 0 Å². The lowest BCUT2D eigenvalue weighted by Crippen LogP contribution is -2.43. The summed E-state index contributed by atoms with van der Waals surface area (Å²) in [6.07, 6.45) is 2.28. The highest BCUT2D eigenvalue weighted by atomic mass is 31.2. The summed E-state index contributed by atoms with van der Waals surface area (Å²) in [4.78, 5) is 15.6. The Hall–Kier alpha value is -2.64. The number of aryl methyl sites for hydroxylation is 1. The smallest absolute Gasteiger partial charge is 0.237 e. The van der Waals surface area contributed by atoms with Gasteiger partial charge >= 0.3 is 0 Å². The number of carbonyl (C=O) groups excluding carboxylic acids is 1. The molecule has 2 aliphatic heterocycles. The van der Waals surface area contributed by atoms with Gasteiger partial charge in [0.2, 0.25) is 5.91 Å². The molecule has 0 bridgehead atoms. The predicted molar refractivity (Wildman–Crippen MR) is 119 cm³/mol. The van der Waals surface area contributed by atoms with Crippen LogP contribution in [0.25, 0.3) is 0 Å². The summed E-state index contributed by atoms with van der Waals surface area (Å²) in [6.45, 7) is 2.74. The Kier molecular flexibility index (Phi) is 4.26. The molecule has 2 heterocycles. The quantitative estimate of drug-likeness (QED) is 0.613. The van der Waals surface area contributed by atoms with Gasteiger partial charge in [0.15, 0.2) is 0 Å². The zero-order valence-corrected chi connectivity index (χ0v) is 17.4. The molecule has 0 aliphatic carbocycles. The average Bonchev–Trinajstić information content (AvgIpc) is 2.99. The number of rotatable bonds is 4. The maximum atomic E-state index is 14.7. The zero-order chi connectivity index (χ0) is 20.1. The molecule has 1 atom stereocenters. The van der Waals surface area contributed by atoms with Crippen molar-refractivity contribution in [2.75, 3.05) is 17.6 Å². The first-order valence-electron chi connectivity index (χ1n) is 10.2. The van der Waals surface area contributed by atoms with Crippen LogP contribution < -0.4 is 15.5 Å². The minimum absolute atomic E-state index is 0.0896. The summed E-state index contributed by atoms with van der Waals surface area (Å²) in [5, 5.41) is 1.62. The first kappa shape index (κ1) is 18.4. The minimum Gasteiger partial charge on any atom is -0.314 e. The molecule has 3 nitrogen and oxygen atoms in total. The second-order valence-electron chi connectivity index (χ2n) is 8.27. The molecule has 0 N–H and O–H groups in total. The molecule has 146 valence electrons. The fraction of sp³-hybridized carbons (Fsp3) is 0.240. The third-order valence-electron chi connectivity index (χ3n) is 6.41. The zero-order valence-electron chi connectivity index (χ0n) is 16.5. The van der Waals surface area contributed by atoms with Gasteiger partial charge in [-0.1, -0.05) is 78.9 Å². The Morgan fingerprint density at radius 2 is 1.52 bits per heavy atom. The summed E-state index contributed by atoms with van der Waals surface area (Å²) in [6, 6.07) is 25.5. The molecule has 0 fully saturated rings. The van der Waals surface area contributed by atoms with E-state index in [-0.39, 0.29) is 5.91 Å². The van der Waals surface area contributed by atoms with Gasteiger partial charge in [-0.2, -0.15) is 0 Å². The van der Waals surface area contributed by atoms with Gasteiger partial charge in [-0.15, -0.1) is 0 Å². The number of carbonyl (C=O) groups is 1. The Morgan fingerprint density at radius 3 is 2.14 bits per heavy atom. The largest absolute Gasteiger partial charge is 0.314 e. The highest BCUT2D eigenvalue weighted by Crippen LogP contribution is 2.54. The second-order valence-corrected chi connectivity index (χ2v) is 11.1. The third kappa shape index (κ3) is 2.72. The molecular formula is C25H24NO2P. The molecule has 2 aliphatic rings. The van der Waals surface area contributed by atoms with E-state index in [1.54, 1.807) is 0 Å².